The fraction of sp³-hybridized carbons (Fsp3) is 0.118. The van der Waals surface area contributed by atoms with Gasteiger partial charge in [-0.2, -0.15) is 0 Å². The third kappa shape index (κ3) is 2.97. The maximum Gasteiger partial charge on any atom is 0.322 e. The van der Waals surface area contributed by atoms with Gasteiger partial charge in [0.25, 0.3) is 11.5 Å². The molecule has 26 heavy (non-hydrogen) atoms. The molecule has 0 aliphatic rings. The molecule has 132 valence electrons. The van der Waals surface area contributed by atoms with E-state index < -0.39 is 35.3 Å². The summed E-state index contributed by atoms with van der Waals surface area (Å²) in [6, 6.07) is 6.70. The van der Waals surface area contributed by atoms with Gasteiger partial charge in [-0.25, -0.2) is 4.98 Å². The standard InChI is InChI=1S/C17H14N4O5/c1-21-15-10(4-5-11(20-15)9-3-2-6-18-7-9)14(24)13(17(21)26)16(25)19-8-12(22)23/h2-7,24H,8H2,1H3,(H,19,25)(H,22,23). The van der Waals surface area contributed by atoms with Crippen molar-refractivity contribution in [3.05, 3.63) is 52.6 Å². The minimum atomic E-state index is -1.27. The number of carbonyl (C=O) groups excluding carboxylic acids is 1. The van der Waals surface area contributed by atoms with Gasteiger partial charge in [-0.3, -0.25) is 23.9 Å². The van der Waals surface area contributed by atoms with Crippen molar-refractivity contribution in [1.29, 1.82) is 0 Å². The van der Waals surface area contributed by atoms with Crippen LogP contribution in [0.3, 0.4) is 0 Å². The molecule has 0 aliphatic heterocycles. The van der Waals surface area contributed by atoms with E-state index in [1.165, 1.54) is 13.1 Å². The molecule has 0 spiro atoms. The third-order valence-electron chi connectivity index (χ3n) is 3.79. The van der Waals surface area contributed by atoms with Gasteiger partial charge in [0.15, 0.2) is 0 Å². The molecule has 0 saturated heterocycles. The van der Waals surface area contributed by atoms with Gasteiger partial charge in [0, 0.05) is 25.0 Å². The first-order valence-corrected chi connectivity index (χ1v) is 7.53. The van der Waals surface area contributed by atoms with Crippen molar-refractivity contribution in [2.24, 2.45) is 7.05 Å². The zero-order chi connectivity index (χ0) is 18.8. The van der Waals surface area contributed by atoms with Crippen LogP contribution in [-0.2, 0) is 11.8 Å². The molecule has 9 heteroatoms. The number of carboxylic acid groups (broad SMARTS) is 1. The smallest absolute Gasteiger partial charge is 0.322 e. The second-order valence-electron chi connectivity index (χ2n) is 5.47. The number of fused-ring (bicyclic) bond motifs is 1. The van der Waals surface area contributed by atoms with Crippen molar-refractivity contribution < 1.29 is 19.8 Å². The van der Waals surface area contributed by atoms with E-state index >= 15 is 0 Å². The molecule has 3 rings (SSSR count). The van der Waals surface area contributed by atoms with E-state index in [2.05, 4.69) is 15.3 Å². The molecular formula is C17H14N4O5. The molecule has 3 N–H and O–H groups in total. The van der Waals surface area contributed by atoms with E-state index in [1.54, 1.807) is 30.6 Å². The first kappa shape index (κ1) is 17.1. The lowest BCUT2D eigenvalue weighted by atomic mass is 10.1. The Morgan fingerprint density at radius 1 is 1.27 bits per heavy atom. The lowest BCUT2D eigenvalue weighted by Gasteiger charge is -2.12. The predicted molar refractivity (Wildman–Crippen MR) is 91.8 cm³/mol. The number of amides is 1. The third-order valence-corrected chi connectivity index (χ3v) is 3.79. The van der Waals surface area contributed by atoms with Crippen LogP contribution in [0.15, 0.2) is 41.5 Å². The monoisotopic (exact) mass is 354 g/mol. The van der Waals surface area contributed by atoms with Crippen LogP contribution in [-0.4, -0.2) is 43.2 Å². The number of nitrogens with one attached hydrogen (secondary N) is 1. The molecule has 0 bridgehead atoms. The van der Waals surface area contributed by atoms with Gasteiger partial charge < -0.3 is 15.5 Å². The number of aliphatic carboxylic acids is 1. The number of carbonyl (C=O) groups is 2. The molecule has 1 amide bonds. The Bertz CT molecular complexity index is 1080. The highest BCUT2D eigenvalue weighted by atomic mass is 16.4. The average molecular weight is 354 g/mol. The van der Waals surface area contributed by atoms with Gasteiger partial charge in [0.2, 0.25) is 0 Å². The van der Waals surface area contributed by atoms with Gasteiger partial charge in [0.05, 0.1) is 11.1 Å². The number of aromatic hydroxyl groups is 1. The Hall–Kier alpha value is -3.75. The molecule has 3 aromatic heterocycles. The van der Waals surface area contributed by atoms with Crippen molar-refractivity contribution in [3.8, 4) is 17.0 Å². The van der Waals surface area contributed by atoms with E-state index in [0.29, 0.717) is 5.69 Å². The van der Waals surface area contributed by atoms with Crippen LogP contribution in [0.4, 0.5) is 0 Å². The summed E-state index contributed by atoms with van der Waals surface area (Å²) in [7, 11) is 1.41. The van der Waals surface area contributed by atoms with Crippen LogP contribution in [0.2, 0.25) is 0 Å². The normalized spacial score (nSPS) is 10.7. The number of aryl methyl sites for hydroxylation is 1. The first-order valence-electron chi connectivity index (χ1n) is 7.53. The van der Waals surface area contributed by atoms with Gasteiger partial charge in [0.1, 0.15) is 23.5 Å². The number of aromatic nitrogens is 3. The topological polar surface area (TPSA) is 134 Å². The van der Waals surface area contributed by atoms with E-state index in [9.17, 15) is 19.5 Å². The number of hydrogen-bond donors (Lipinski definition) is 3. The summed E-state index contributed by atoms with van der Waals surface area (Å²) in [4.78, 5) is 43.5. The van der Waals surface area contributed by atoms with Crippen molar-refractivity contribution in [3.63, 3.8) is 0 Å². The van der Waals surface area contributed by atoms with Gasteiger partial charge in [-0.15, -0.1) is 0 Å². The molecule has 0 unspecified atom stereocenters. The number of rotatable bonds is 4. The fourth-order valence-corrected chi connectivity index (χ4v) is 2.51. The molecule has 3 heterocycles. The predicted octanol–water partition coefficient (Wildman–Crippen LogP) is 0.515. The van der Waals surface area contributed by atoms with Crippen LogP contribution in [0.1, 0.15) is 10.4 Å². The zero-order valence-corrected chi connectivity index (χ0v) is 13.6. The minimum Gasteiger partial charge on any atom is -0.506 e. The summed E-state index contributed by atoms with van der Waals surface area (Å²) in [5.74, 6) is -2.78. The van der Waals surface area contributed by atoms with E-state index in [4.69, 9.17) is 5.11 Å². The zero-order valence-electron chi connectivity index (χ0n) is 13.6. The van der Waals surface area contributed by atoms with Crippen LogP contribution >= 0.6 is 0 Å². The molecule has 0 fully saturated rings. The van der Waals surface area contributed by atoms with Crippen LogP contribution in [0.25, 0.3) is 22.3 Å². The summed E-state index contributed by atoms with van der Waals surface area (Å²) in [5.41, 5.74) is 0.141. The summed E-state index contributed by atoms with van der Waals surface area (Å²) in [6.07, 6.45) is 3.23. The summed E-state index contributed by atoms with van der Waals surface area (Å²) in [6.45, 7) is -0.669. The molecule has 0 atom stereocenters. The first-order chi connectivity index (χ1) is 12.4. The Morgan fingerprint density at radius 3 is 2.69 bits per heavy atom. The molecule has 0 saturated carbocycles. The molecule has 0 aliphatic carbocycles. The van der Waals surface area contributed by atoms with E-state index in [1.807, 2.05) is 0 Å². The summed E-state index contributed by atoms with van der Waals surface area (Å²) in [5, 5.41) is 21.3. The minimum absolute atomic E-state index is 0.184. The largest absolute Gasteiger partial charge is 0.506 e. The maximum absolute atomic E-state index is 12.5. The van der Waals surface area contributed by atoms with E-state index in [0.717, 1.165) is 10.1 Å². The second-order valence-corrected chi connectivity index (χ2v) is 5.47. The Morgan fingerprint density at radius 2 is 2.04 bits per heavy atom. The lowest BCUT2D eigenvalue weighted by molar-refractivity contribution is -0.135. The van der Waals surface area contributed by atoms with E-state index in [-0.39, 0.29) is 11.0 Å². The van der Waals surface area contributed by atoms with Gasteiger partial charge >= 0.3 is 5.97 Å². The number of carboxylic acids is 1. The SMILES string of the molecule is Cn1c(=O)c(C(=O)NCC(=O)O)c(O)c2ccc(-c3cccnc3)nc21. The van der Waals surface area contributed by atoms with Crippen molar-refractivity contribution in [2.45, 2.75) is 0 Å². The summed E-state index contributed by atoms with van der Waals surface area (Å²) >= 11 is 0. The van der Waals surface area contributed by atoms with Crippen molar-refractivity contribution >= 4 is 22.9 Å². The Kier molecular flexibility index (Phi) is 4.36. The summed E-state index contributed by atoms with van der Waals surface area (Å²) < 4.78 is 1.13. The molecule has 9 nitrogen and oxygen atoms in total. The number of hydrogen-bond acceptors (Lipinski definition) is 6. The van der Waals surface area contributed by atoms with Crippen LogP contribution in [0.5, 0.6) is 5.75 Å². The maximum atomic E-state index is 12.5. The molecule has 0 radical (unpaired) electrons. The lowest BCUT2D eigenvalue weighted by Crippen LogP contribution is -2.35. The average Bonchev–Trinajstić information content (AvgIpc) is 2.65. The molecule has 3 aromatic rings. The quantitative estimate of drug-likeness (QED) is 0.621. The number of nitrogens with zero attached hydrogens (tertiary/aromatic N) is 3. The van der Waals surface area contributed by atoms with Crippen LogP contribution < -0.4 is 10.9 Å². The fourth-order valence-electron chi connectivity index (χ4n) is 2.51. The van der Waals surface area contributed by atoms with Crippen LogP contribution in [0, 0.1) is 0 Å². The highest BCUT2D eigenvalue weighted by Gasteiger charge is 2.22. The Labute approximate surface area is 146 Å². The van der Waals surface area contributed by atoms with Crippen molar-refractivity contribution in [2.75, 3.05) is 6.54 Å². The van der Waals surface area contributed by atoms with Gasteiger partial charge in [-0.05, 0) is 24.3 Å². The highest BCUT2D eigenvalue weighted by molar-refractivity contribution is 6.02. The van der Waals surface area contributed by atoms with Gasteiger partial charge in [-0.1, -0.05) is 0 Å². The van der Waals surface area contributed by atoms with Crippen molar-refractivity contribution in [1.82, 2.24) is 19.9 Å². The number of pyridine rings is 3. The Balaban J connectivity index is 2.16. The molecule has 0 aromatic carbocycles. The highest BCUT2D eigenvalue weighted by Crippen LogP contribution is 2.27. The second kappa shape index (κ2) is 6.63. The molecular weight excluding hydrogens is 340 g/mol.